The van der Waals surface area contributed by atoms with Gasteiger partial charge in [-0.3, -0.25) is 14.6 Å². The third-order valence-electron chi connectivity index (χ3n) is 2.63. The highest BCUT2D eigenvalue weighted by Gasteiger charge is 2.22. The van der Waals surface area contributed by atoms with Crippen molar-refractivity contribution in [2.75, 3.05) is 6.54 Å². The molecule has 0 spiro atoms. The van der Waals surface area contributed by atoms with Crippen molar-refractivity contribution in [3.63, 3.8) is 0 Å². The van der Waals surface area contributed by atoms with Gasteiger partial charge in [0.1, 0.15) is 0 Å². The lowest BCUT2D eigenvalue weighted by molar-refractivity contribution is -0.121. The number of aromatic nitrogens is 1. The van der Waals surface area contributed by atoms with Gasteiger partial charge in [-0.25, -0.2) is 4.98 Å². The second-order valence-corrected chi connectivity index (χ2v) is 5.24. The van der Waals surface area contributed by atoms with Crippen LogP contribution in [0, 0.1) is 0 Å². The van der Waals surface area contributed by atoms with Crippen LogP contribution in [-0.4, -0.2) is 35.1 Å². The highest BCUT2D eigenvalue weighted by Crippen LogP contribution is 2.11. The lowest BCUT2D eigenvalue weighted by atomic mass is 10.1. The zero-order chi connectivity index (χ0) is 15.0. The molecule has 1 aromatic rings. The van der Waals surface area contributed by atoms with Crippen molar-refractivity contribution >= 4 is 28.9 Å². The molecule has 0 aliphatic carbocycles. The lowest BCUT2D eigenvalue weighted by Crippen LogP contribution is -2.40. The summed E-state index contributed by atoms with van der Waals surface area (Å²) in [6.45, 7) is 4.02. The van der Waals surface area contributed by atoms with Gasteiger partial charge in [0.05, 0.1) is 11.9 Å². The van der Waals surface area contributed by atoms with Crippen molar-refractivity contribution in [1.29, 1.82) is 0 Å². The number of carbonyl (C=O) groups excluding carboxylic acids is 2. The van der Waals surface area contributed by atoms with E-state index in [1.165, 1.54) is 11.3 Å². The van der Waals surface area contributed by atoms with Gasteiger partial charge in [-0.05, 0) is 19.8 Å². The number of amidine groups is 1. The van der Waals surface area contributed by atoms with Crippen LogP contribution in [0.5, 0.6) is 0 Å². The maximum Gasteiger partial charge on any atom is 0.220 e. The third-order valence-corrected chi connectivity index (χ3v) is 3.42. The molecule has 1 heterocycles. The molecule has 1 aromatic heterocycles. The second-order valence-electron chi connectivity index (χ2n) is 4.34. The Hall–Kier alpha value is -1.76. The van der Waals surface area contributed by atoms with Crippen molar-refractivity contribution in [3.8, 4) is 0 Å². The molecule has 0 bridgehead atoms. The number of nitrogens with one attached hydrogen (secondary N) is 1. The first-order chi connectivity index (χ1) is 9.54. The van der Waals surface area contributed by atoms with Gasteiger partial charge < -0.3 is 11.1 Å². The average molecular weight is 296 g/mol. The molecule has 0 aromatic carbocycles. The fraction of sp³-hybridized carbons (Fsp3) is 0.538. The van der Waals surface area contributed by atoms with Gasteiger partial charge in [-0.1, -0.05) is 6.92 Å². The molecule has 0 saturated heterocycles. The number of nitrogens with zero attached hydrogens (tertiary/aromatic N) is 2. The van der Waals surface area contributed by atoms with Crippen molar-refractivity contribution in [2.45, 2.75) is 39.2 Å². The van der Waals surface area contributed by atoms with E-state index in [2.05, 4.69) is 15.3 Å². The standard InChI is InChI=1S/C13H20N4O2S/c1-3-11(18)17-10(5-4-6-15-9(2)14)12(19)13-16-7-8-20-13/h7-8,10H,3-6H2,1-2H3,(H2,14,15)(H,17,18)/t10-/m0/s1. The zero-order valence-corrected chi connectivity index (χ0v) is 12.6. The van der Waals surface area contributed by atoms with Crippen molar-refractivity contribution in [3.05, 3.63) is 16.6 Å². The fourth-order valence-corrected chi connectivity index (χ4v) is 2.24. The maximum atomic E-state index is 12.3. The summed E-state index contributed by atoms with van der Waals surface area (Å²) in [7, 11) is 0. The van der Waals surface area contributed by atoms with Gasteiger partial charge in [0, 0.05) is 24.5 Å². The molecule has 6 nitrogen and oxygen atoms in total. The Bertz CT molecular complexity index is 467. The van der Waals surface area contributed by atoms with Gasteiger partial charge in [0.15, 0.2) is 5.01 Å². The van der Waals surface area contributed by atoms with Crippen LogP contribution in [-0.2, 0) is 4.79 Å². The van der Waals surface area contributed by atoms with Crippen LogP contribution in [0.1, 0.15) is 42.9 Å². The van der Waals surface area contributed by atoms with Gasteiger partial charge in [-0.2, -0.15) is 0 Å². The second kappa shape index (κ2) is 8.42. The minimum Gasteiger partial charge on any atom is -0.388 e. The zero-order valence-electron chi connectivity index (χ0n) is 11.8. The number of amides is 1. The van der Waals surface area contributed by atoms with Crippen molar-refractivity contribution < 1.29 is 9.59 Å². The SMILES string of the molecule is CCC(=O)N[C@@H](CCCN=C(C)N)C(=O)c1nccs1. The maximum absolute atomic E-state index is 12.3. The number of aliphatic imine (C=N–C) groups is 1. The molecule has 0 aliphatic heterocycles. The summed E-state index contributed by atoms with van der Waals surface area (Å²) in [5.41, 5.74) is 5.45. The molecule has 7 heteroatoms. The van der Waals surface area contributed by atoms with E-state index < -0.39 is 6.04 Å². The molecule has 0 unspecified atom stereocenters. The Balaban J connectivity index is 2.62. The minimum absolute atomic E-state index is 0.140. The predicted octanol–water partition coefficient (Wildman–Crippen LogP) is 1.38. The van der Waals surface area contributed by atoms with Crippen LogP contribution >= 0.6 is 11.3 Å². The first-order valence-corrected chi connectivity index (χ1v) is 7.42. The summed E-state index contributed by atoms with van der Waals surface area (Å²) in [5.74, 6) is 0.235. The number of ketones is 1. The Morgan fingerprint density at radius 2 is 2.30 bits per heavy atom. The van der Waals surface area contributed by atoms with Crippen molar-refractivity contribution in [2.24, 2.45) is 10.7 Å². The van der Waals surface area contributed by atoms with Crippen LogP contribution in [0.25, 0.3) is 0 Å². The molecule has 1 rings (SSSR count). The van der Waals surface area contributed by atoms with Crippen molar-refractivity contribution in [1.82, 2.24) is 10.3 Å². The molecule has 1 atom stereocenters. The van der Waals surface area contributed by atoms with Crippen LogP contribution in [0.2, 0.25) is 0 Å². The number of thiazole rings is 1. The number of Topliss-reactive ketones (excluding diaryl/α,β-unsaturated/α-hetero) is 1. The van der Waals surface area contributed by atoms with Gasteiger partial charge in [-0.15, -0.1) is 11.3 Å². The topological polar surface area (TPSA) is 97.4 Å². The van der Waals surface area contributed by atoms with Gasteiger partial charge in [0.2, 0.25) is 11.7 Å². The van der Waals surface area contributed by atoms with Crippen LogP contribution in [0.15, 0.2) is 16.6 Å². The normalized spacial score (nSPS) is 13.0. The van der Waals surface area contributed by atoms with Crippen LogP contribution in [0.4, 0.5) is 0 Å². The molecule has 0 aliphatic rings. The van der Waals surface area contributed by atoms with E-state index in [0.29, 0.717) is 36.7 Å². The smallest absolute Gasteiger partial charge is 0.220 e. The third kappa shape index (κ3) is 5.48. The fourth-order valence-electron chi connectivity index (χ4n) is 1.61. The number of hydrogen-bond donors (Lipinski definition) is 2. The van der Waals surface area contributed by atoms with Crippen LogP contribution < -0.4 is 11.1 Å². The summed E-state index contributed by atoms with van der Waals surface area (Å²) >= 11 is 1.28. The molecular formula is C13H20N4O2S. The van der Waals surface area contributed by atoms with E-state index in [0.717, 1.165) is 0 Å². The van der Waals surface area contributed by atoms with E-state index in [1.54, 1.807) is 25.4 Å². The Morgan fingerprint density at radius 3 is 2.85 bits per heavy atom. The van der Waals surface area contributed by atoms with Gasteiger partial charge in [0.25, 0.3) is 0 Å². The number of carbonyl (C=O) groups is 2. The van der Waals surface area contributed by atoms with E-state index >= 15 is 0 Å². The Labute approximate surface area is 122 Å². The Morgan fingerprint density at radius 1 is 1.55 bits per heavy atom. The average Bonchev–Trinajstić information content (AvgIpc) is 2.94. The lowest BCUT2D eigenvalue weighted by Gasteiger charge is -2.15. The molecule has 3 N–H and O–H groups in total. The van der Waals surface area contributed by atoms with E-state index in [9.17, 15) is 9.59 Å². The molecule has 20 heavy (non-hydrogen) atoms. The summed E-state index contributed by atoms with van der Waals surface area (Å²) in [6.07, 6.45) is 3.14. The molecule has 0 fully saturated rings. The largest absolute Gasteiger partial charge is 0.388 e. The highest BCUT2D eigenvalue weighted by atomic mass is 32.1. The first kappa shape index (κ1) is 16.3. The summed E-state index contributed by atoms with van der Waals surface area (Å²) in [6, 6.07) is -0.540. The molecule has 110 valence electrons. The number of hydrogen-bond acceptors (Lipinski definition) is 5. The van der Waals surface area contributed by atoms with Crippen LogP contribution in [0.3, 0.4) is 0 Å². The number of rotatable bonds is 8. The Kier molecular flexibility index (Phi) is 6.86. The highest BCUT2D eigenvalue weighted by molar-refractivity contribution is 7.11. The van der Waals surface area contributed by atoms with E-state index in [1.807, 2.05) is 0 Å². The van der Waals surface area contributed by atoms with E-state index in [-0.39, 0.29) is 11.7 Å². The quantitative estimate of drug-likeness (QED) is 0.328. The summed E-state index contributed by atoms with van der Waals surface area (Å²) in [4.78, 5) is 31.8. The monoisotopic (exact) mass is 296 g/mol. The first-order valence-electron chi connectivity index (χ1n) is 6.54. The summed E-state index contributed by atoms with van der Waals surface area (Å²) in [5, 5.41) is 4.91. The molecular weight excluding hydrogens is 276 g/mol. The predicted molar refractivity (Wildman–Crippen MR) is 80.1 cm³/mol. The molecule has 0 radical (unpaired) electrons. The summed E-state index contributed by atoms with van der Waals surface area (Å²) < 4.78 is 0. The number of nitrogens with two attached hydrogens (primary N) is 1. The van der Waals surface area contributed by atoms with E-state index in [4.69, 9.17) is 5.73 Å². The molecule has 0 saturated carbocycles. The minimum atomic E-state index is -0.540. The molecule has 1 amide bonds. The van der Waals surface area contributed by atoms with Gasteiger partial charge >= 0.3 is 0 Å².